The SMILES string of the molecule is CCOC(=O)c1ccc(NC(=O)CC(=O)Nc2ccc(OC)cc2OC)cc1. The van der Waals surface area contributed by atoms with Crippen LogP contribution >= 0.6 is 0 Å². The van der Waals surface area contributed by atoms with Crippen LogP contribution in [0.15, 0.2) is 42.5 Å². The van der Waals surface area contributed by atoms with Gasteiger partial charge in [-0.1, -0.05) is 0 Å². The number of methoxy groups -OCH3 is 2. The van der Waals surface area contributed by atoms with E-state index in [1.807, 2.05) is 0 Å². The molecule has 0 aromatic heterocycles. The van der Waals surface area contributed by atoms with Crippen molar-refractivity contribution in [3.63, 3.8) is 0 Å². The average molecular weight is 386 g/mol. The van der Waals surface area contributed by atoms with E-state index in [1.165, 1.54) is 26.4 Å². The van der Waals surface area contributed by atoms with Crippen molar-refractivity contribution in [2.24, 2.45) is 0 Å². The fraction of sp³-hybridized carbons (Fsp3) is 0.250. The van der Waals surface area contributed by atoms with Crippen molar-refractivity contribution >= 4 is 29.2 Å². The molecule has 0 saturated heterocycles. The molecule has 0 radical (unpaired) electrons. The Hall–Kier alpha value is -3.55. The quantitative estimate of drug-likeness (QED) is 0.534. The molecule has 0 bridgehead atoms. The van der Waals surface area contributed by atoms with E-state index in [4.69, 9.17) is 14.2 Å². The third-order valence-electron chi connectivity index (χ3n) is 3.68. The number of amides is 2. The van der Waals surface area contributed by atoms with Crippen LogP contribution in [0.3, 0.4) is 0 Å². The molecule has 0 spiro atoms. The van der Waals surface area contributed by atoms with Crippen molar-refractivity contribution in [1.29, 1.82) is 0 Å². The summed E-state index contributed by atoms with van der Waals surface area (Å²) in [7, 11) is 2.99. The van der Waals surface area contributed by atoms with E-state index in [-0.39, 0.29) is 13.0 Å². The van der Waals surface area contributed by atoms with E-state index < -0.39 is 17.8 Å². The summed E-state index contributed by atoms with van der Waals surface area (Å²) < 4.78 is 15.2. The number of ether oxygens (including phenoxy) is 3. The summed E-state index contributed by atoms with van der Waals surface area (Å²) in [6.07, 6.45) is -0.380. The van der Waals surface area contributed by atoms with Gasteiger partial charge in [0.25, 0.3) is 0 Å². The first-order valence-corrected chi connectivity index (χ1v) is 8.55. The van der Waals surface area contributed by atoms with Crippen LogP contribution in [-0.4, -0.2) is 38.6 Å². The number of carbonyl (C=O) groups excluding carboxylic acids is 3. The second-order valence-electron chi connectivity index (χ2n) is 5.64. The second kappa shape index (κ2) is 9.96. The van der Waals surface area contributed by atoms with Gasteiger partial charge in [-0.15, -0.1) is 0 Å². The van der Waals surface area contributed by atoms with Gasteiger partial charge < -0.3 is 24.8 Å². The molecule has 8 nitrogen and oxygen atoms in total. The number of rotatable bonds is 8. The number of carbonyl (C=O) groups is 3. The first kappa shape index (κ1) is 20.8. The fourth-order valence-corrected chi connectivity index (χ4v) is 2.35. The molecule has 2 rings (SSSR count). The Balaban J connectivity index is 1.92. The Morgan fingerprint density at radius 1 is 0.893 bits per heavy atom. The van der Waals surface area contributed by atoms with Gasteiger partial charge >= 0.3 is 5.97 Å². The number of nitrogens with one attached hydrogen (secondary N) is 2. The lowest BCUT2D eigenvalue weighted by Crippen LogP contribution is -2.21. The number of benzene rings is 2. The van der Waals surface area contributed by atoms with Crippen LogP contribution in [0, 0.1) is 0 Å². The first-order chi connectivity index (χ1) is 13.5. The molecule has 0 aliphatic heterocycles. The molecule has 2 aromatic carbocycles. The molecule has 2 aromatic rings. The molecule has 0 heterocycles. The highest BCUT2D eigenvalue weighted by molar-refractivity contribution is 6.08. The van der Waals surface area contributed by atoms with Gasteiger partial charge in [-0.05, 0) is 43.3 Å². The summed E-state index contributed by atoms with van der Waals surface area (Å²) in [5.41, 5.74) is 1.27. The zero-order valence-corrected chi connectivity index (χ0v) is 15.9. The van der Waals surface area contributed by atoms with Gasteiger partial charge in [-0.3, -0.25) is 9.59 Å². The number of hydrogen-bond acceptors (Lipinski definition) is 6. The third-order valence-corrected chi connectivity index (χ3v) is 3.68. The van der Waals surface area contributed by atoms with Crippen molar-refractivity contribution in [2.45, 2.75) is 13.3 Å². The standard InChI is InChI=1S/C20H22N2O6/c1-4-28-20(25)13-5-7-14(8-6-13)21-18(23)12-19(24)22-16-10-9-15(26-2)11-17(16)27-3/h5-11H,4,12H2,1-3H3,(H,21,23)(H,22,24). The largest absolute Gasteiger partial charge is 0.497 e. The van der Waals surface area contributed by atoms with Gasteiger partial charge in [0.15, 0.2) is 0 Å². The Kier molecular flexibility index (Phi) is 7.38. The Labute approximate surface area is 162 Å². The molecule has 148 valence electrons. The van der Waals surface area contributed by atoms with Crippen LogP contribution in [0.1, 0.15) is 23.7 Å². The van der Waals surface area contributed by atoms with Gasteiger partial charge in [0, 0.05) is 11.8 Å². The Bertz CT molecular complexity index is 848. The van der Waals surface area contributed by atoms with Gasteiger partial charge in [0.05, 0.1) is 32.1 Å². The first-order valence-electron chi connectivity index (χ1n) is 8.55. The Morgan fingerprint density at radius 3 is 2.18 bits per heavy atom. The minimum Gasteiger partial charge on any atom is -0.497 e. The highest BCUT2D eigenvalue weighted by Crippen LogP contribution is 2.29. The molecule has 0 fully saturated rings. The van der Waals surface area contributed by atoms with Crippen molar-refractivity contribution in [1.82, 2.24) is 0 Å². The van der Waals surface area contributed by atoms with Crippen molar-refractivity contribution in [3.8, 4) is 11.5 Å². The molecule has 28 heavy (non-hydrogen) atoms. The lowest BCUT2D eigenvalue weighted by Gasteiger charge is -2.12. The fourth-order valence-electron chi connectivity index (χ4n) is 2.35. The van der Waals surface area contributed by atoms with Crippen LogP contribution in [-0.2, 0) is 14.3 Å². The van der Waals surface area contributed by atoms with E-state index in [1.54, 1.807) is 37.3 Å². The molecule has 0 aliphatic carbocycles. The molecular weight excluding hydrogens is 364 g/mol. The van der Waals surface area contributed by atoms with Crippen LogP contribution in [0.4, 0.5) is 11.4 Å². The summed E-state index contributed by atoms with van der Waals surface area (Å²) in [6, 6.07) is 11.1. The summed E-state index contributed by atoms with van der Waals surface area (Å²) in [5, 5.41) is 5.23. The topological polar surface area (TPSA) is 103 Å². The maximum Gasteiger partial charge on any atom is 0.338 e. The second-order valence-corrected chi connectivity index (χ2v) is 5.64. The average Bonchev–Trinajstić information content (AvgIpc) is 2.68. The van der Waals surface area contributed by atoms with Crippen LogP contribution in [0.2, 0.25) is 0 Å². The minimum absolute atomic E-state index is 0.283. The highest BCUT2D eigenvalue weighted by Gasteiger charge is 2.13. The molecular formula is C20H22N2O6. The summed E-state index contributed by atoms with van der Waals surface area (Å²) in [5.74, 6) is -0.423. The van der Waals surface area contributed by atoms with Gasteiger partial charge in [0.2, 0.25) is 11.8 Å². The van der Waals surface area contributed by atoms with Crippen molar-refractivity contribution in [2.75, 3.05) is 31.5 Å². The molecule has 0 atom stereocenters. The van der Waals surface area contributed by atoms with Crippen molar-refractivity contribution < 1.29 is 28.6 Å². The maximum absolute atomic E-state index is 12.1. The summed E-state index contributed by atoms with van der Waals surface area (Å²) in [4.78, 5) is 35.8. The van der Waals surface area contributed by atoms with E-state index >= 15 is 0 Å². The summed E-state index contributed by atoms with van der Waals surface area (Å²) in [6.45, 7) is 2.00. The number of esters is 1. The van der Waals surface area contributed by atoms with Crippen LogP contribution < -0.4 is 20.1 Å². The molecule has 2 N–H and O–H groups in total. The molecule has 0 unspecified atom stereocenters. The zero-order valence-electron chi connectivity index (χ0n) is 15.9. The van der Waals surface area contributed by atoms with E-state index in [2.05, 4.69) is 10.6 Å². The normalized spacial score (nSPS) is 9.96. The molecule has 2 amide bonds. The van der Waals surface area contributed by atoms with Gasteiger partial charge in [0.1, 0.15) is 17.9 Å². The maximum atomic E-state index is 12.1. The molecule has 0 aliphatic rings. The third kappa shape index (κ3) is 5.73. The molecule has 8 heteroatoms. The number of anilines is 2. The van der Waals surface area contributed by atoms with E-state index in [9.17, 15) is 14.4 Å². The highest BCUT2D eigenvalue weighted by atomic mass is 16.5. The van der Waals surface area contributed by atoms with Crippen LogP contribution in [0.5, 0.6) is 11.5 Å². The van der Waals surface area contributed by atoms with Gasteiger partial charge in [-0.25, -0.2) is 4.79 Å². The monoisotopic (exact) mass is 386 g/mol. The lowest BCUT2D eigenvalue weighted by molar-refractivity contribution is -0.123. The van der Waals surface area contributed by atoms with Crippen LogP contribution in [0.25, 0.3) is 0 Å². The molecule has 0 saturated carbocycles. The lowest BCUT2D eigenvalue weighted by atomic mass is 10.2. The number of hydrogen-bond donors (Lipinski definition) is 2. The van der Waals surface area contributed by atoms with Crippen molar-refractivity contribution in [3.05, 3.63) is 48.0 Å². The predicted octanol–water partition coefficient (Wildman–Crippen LogP) is 2.85. The van der Waals surface area contributed by atoms with Gasteiger partial charge in [-0.2, -0.15) is 0 Å². The Morgan fingerprint density at radius 2 is 1.57 bits per heavy atom. The predicted molar refractivity (Wildman–Crippen MR) is 104 cm³/mol. The summed E-state index contributed by atoms with van der Waals surface area (Å²) >= 11 is 0. The van der Waals surface area contributed by atoms with E-state index in [0.717, 1.165) is 0 Å². The smallest absolute Gasteiger partial charge is 0.338 e. The van der Waals surface area contributed by atoms with E-state index in [0.29, 0.717) is 28.4 Å². The zero-order chi connectivity index (χ0) is 20.5. The minimum atomic E-state index is -0.496.